The molecule has 0 aromatic heterocycles. The number of carbonyl (C=O) groups is 1. The van der Waals surface area contributed by atoms with Crippen molar-refractivity contribution in [2.24, 2.45) is 0 Å². The van der Waals surface area contributed by atoms with Crippen molar-refractivity contribution in [3.05, 3.63) is 88.5 Å². The molecule has 0 aliphatic heterocycles. The van der Waals surface area contributed by atoms with Crippen molar-refractivity contribution in [3.8, 4) is 0 Å². The van der Waals surface area contributed by atoms with Crippen molar-refractivity contribution in [2.75, 3.05) is 29.6 Å². The summed E-state index contributed by atoms with van der Waals surface area (Å²) in [5, 5.41) is 17.1. The fourth-order valence-corrected chi connectivity index (χ4v) is 2.73. The van der Waals surface area contributed by atoms with Gasteiger partial charge in [-0.1, -0.05) is 18.2 Å². The first-order chi connectivity index (χ1) is 13.4. The van der Waals surface area contributed by atoms with E-state index >= 15 is 0 Å². The van der Waals surface area contributed by atoms with Gasteiger partial charge in [-0.25, -0.2) is 0 Å². The first-order valence-corrected chi connectivity index (χ1v) is 8.63. The minimum Gasteiger partial charge on any atom is -0.377 e. The first kappa shape index (κ1) is 18.9. The smallest absolute Gasteiger partial charge is 0.270 e. The average Bonchev–Trinajstić information content (AvgIpc) is 2.69. The second kappa shape index (κ2) is 8.22. The van der Waals surface area contributed by atoms with Crippen LogP contribution in [0.15, 0.2) is 72.8 Å². The fraction of sp³-hybridized carbons (Fsp3) is 0.0952. The number of hydrogen-bond donors (Lipinski definition) is 2. The van der Waals surface area contributed by atoms with Gasteiger partial charge in [-0.05, 0) is 42.5 Å². The minimum atomic E-state index is -0.514. The monoisotopic (exact) mass is 376 g/mol. The van der Waals surface area contributed by atoms with Gasteiger partial charge in [0.15, 0.2) is 0 Å². The van der Waals surface area contributed by atoms with Gasteiger partial charge >= 0.3 is 0 Å². The van der Waals surface area contributed by atoms with Crippen LogP contribution in [0.5, 0.6) is 0 Å². The van der Waals surface area contributed by atoms with E-state index in [1.165, 1.54) is 12.1 Å². The highest BCUT2D eigenvalue weighted by Gasteiger charge is 2.18. The molecule has 7 heteroatoms. The number of non-ortho nitro benzene ring substituents is 1. The summed E-state index contributed by atoms with van der Waals surface area (Å²) in [5.41, 5.74) is 3.16. The summed E-state index contributed by atoms with van der Waals surface area (Å²) in [4.78, 5) is 25.0. The second-order valence-electron chi connectivity index (χ2n) is 6.38. The summed E-state index contributed by atoms with van der Waals surface area (Å²) in [6.45, 7) is 0. The summed E-state index contributed by atoms with van der Waals surface area (Å²) in [7, 11) is 3.56. The first-order valence-electron chi connectivity index (χ1n) is 8.63. The molecule has 3 rings (SSSR count). The van der Waals surface area contributed by atoms with E-state index in [9.17, 15) is 14.9 Å². The molecular formula is C21H20N4O3. The highest BCUT2D eigenvalue weighted by atomic mass is 16.6. The van der Waals surface area contributed by atoms with Crippen LogP contribution in [0, 0.1) is 10.1 Å². The molecule has 0 bridgehead atoms. The molecule has 0 spiro atoms. The molecule has 0 unspecified atom stereocenters. The second-order valence-corrected chi connectivity index (χ2v) is 6.38. The van der Waals surface area contributed by atoms with Crippen LogP contribution in [-0.2, 0) is 0 Å². The summed E-state index contributed by atoms with van der Waals surface area (Å²) in [5.74, 6) is -0.406. The Kier molecular flexibility index (Phi) is 5.55. The van der Waals surface area contributed by atoms with E-state index in [0.29, 0.717) is 11.4 Å². The van der Waals surface area contributed by atoms with Crippen LogP contribution in [0.2, 0.25) is 0 Å². The topological polar surface area (TPSA) is 87.5 Å². The third-order valence-corrected chi connectivity index (χ3v) is 4.12. The van der Waals surface area contributed by atoms with Gasteiger partial charge in [-0.15, -0.1) is 0 Å². The zero-order chi connectivity index (χ0) is 20.1. The van der Waals surface area contributed by atoms with E-state index < -0.39 is 10.8 Å². The van der Waals surface area contributed by atoms with Gasteiger partial charge in [0, 0.05) is 49.0 Å². The minimum absolute atomic E-state index is 0.127. The molecule has 0 heterocycles. The van der Waals surface area contributed by atoms with Crippen molar-refractivity contribution >= 4 is 34.3 Å². The number of para-hydroxylation sites is 1. The normalized spacial score (nSPS) is 10.2. The Morgan fingerprint density at radius 2 is 1.50 bits per heavy atom. The van der Waals surface area contributed by atoms with E-state index in [0.717, 1.165) is 11.4 Å². The number of nitro groups is 1. The molecular weight excluding hydrogens is 356 g/mol. The van der Waals surface area contributed by atoms with Gasteiger partial charge in [0.05, 0.1) is 10.5 Å². The van der Waals surface area contributed by atoms with Crippen LogP contribution in [0.3, 0.4) is 0 Å². The molecule has 2 N–H and O–H groups in total. The van der Waals surface area contributed by atoms with Gasteiger partial charge in [0.2, 0.25) is 0 Å². The summed E-state index contributed by atoms with van der Waals surface area (Å²) < 4.78 is 0. The Labute approximate surface area is 162 Å². The lowest BCUT2D eigenvalue weighted by molar-refractivity contribution is -0.384. The molecule has 0 fully saturated rings. The van der Waals surface area contributed by atoms with Crippen LogP contribution in [0.1, 0.15) is 10.4 Å². The van der Waals surface area contributed by atoms with E-state index in [1.807, 2.05) is 42.5 Å². The van der Waals surface area contributed by atoms with E-state index in [1.54, 1.807) is 37.2 Å². The van der Waals surface area contributed by atoms with E-state index in [-0.39, 0.29) is 11.3 Å². The van der Waals surface area contributed by atoms with E-state index in [2.05, 4.69) is 10.6 Å². The zero-order valence-corrected chi connectivity index (χ0v) is 15.5. The largest absolute Gasteiger partial charge is 0.377 e. The van der Waals surface area contributed by atoms with Gasteiger partial charge in [0.25, 0.3) is 11.6 Å². The molecule has 0 aliphatic carbocycles. The molecule has 0 saturated heterocycles. The maximum atomic E-state index is 12.7. The predicted molar refractivity (Wildman–Crippen MR) is 112 cm³/mol. The molecule has 3 aromatic rings. The van der Waals surface area contributed by atoms with Crippen LogP contribution in [0.25, 0.3) is 0 Å². The number of nitrogens with one attached hydrogen (secondary N) is 2. The molecule has 0 aliphatic rings. The summed E-state index contributed by atoms with van der Waals surface area (Å²) >= 11 is 0. The van der Waals surface area contributed by atoms with Gasteiger partial charge in [0.1, 0.15) is 0 Å². The Morgan fingerprint density at radius 3 is 2.11 bits per heavy atom. The third kappa shape index (κ3) is 4.45. The summed E-state index contributed by atoms with van der Waals surface area (Å²) in [6, 6.07) is 21.2. The Morgan fingerprint density at radius 1 is 0.893 bits per heavy atom. The number of amides is 1. The molecule has 7 nitrogen and oxygen atoms in total. The number of rotatable bonds is 6. The Balaban J connectivity index is 1.77. The molecule has 1 amide bonds. The number of nitro benzene ring substituents is 1. The predicted octanol–water partition coefficient (Wildman–Crippen LogP) is 4.66. The standard InChI is InChI=1S/C21H20N4O3/c1-24(2)20-13-12-18(25(27)28)14-19(20)21(26)23-17-10-8-16(9-11-17)22-15-6-4-3-5-7-15/h3-14,22H,1-2H3,(H,23,26). The van der Waals surface area contributed by atoms with Crippen LogP contribution in [-0.4, -0.2) is 24.9 Å². The maximum absolute atomic E-state index is 12.7. The molecule has 142 valence electrons. The highest BCUT2D eigenvalue weighted by molar-refractivity contribution is 6.08. The molecule has 3 aromatic carbocycles. The van der Waals surface area contributed by atoms with Crippen LogP contribution in [0.4, 0.5) is 28.4 Å². The Bertz CT molecular complexity index is 986. The lowest BCUT2D eigenvalue weighted by atomic mass is 10.1. The van der Waals surface area contributed by atoms with Crippen molar-refractivity contribution in [1.82, 2.24) is 0 Å². The van der Waals surface area contributed by atoms with Gasteiger partial charge < -0.3 is 15.5 Å². The molecule has 28 heavy (non-hydrogen) atoms. The third-order valence-electron chi connectivity index (χ3n) is 4.12. The molecule has 0 atom stereocenters. The van der Waals surface area contributed by atoms with Crippen LogP contribution < -0.4 is 15.5 Å². The number of carbonyl (C=O) groups excluding carboxylic acids is 1. The van der Waals surface area contributed by atoms with E-state index in [4.69, 9.17) is 0 Å². The quantitative estimate of drug-likeness (QED) is 0.483. The van der Waals surface area contributed by atoms with Crippen LogP contribution >= 0.6 is 0 Å². The van der Waals surface area contributed by atoms with Crippen molar-refractivity contribution in [2.45, 2.75) is 0 Å². The molecule has 0 saturated carbocycles. The zero-order valence-electron chi connectivity index (χ0n) is 15.5. The fourth-order valence-electron chi connectivity index (χ4n) is 2.73. The average molecular weight is 376 g/mol. The maximum Gasteiger partial charge on any atom is 0.270 e. The van der Waals surface area contributed by atoms with Crippen molar-refractivity contribution in [3.63, 3.8) is 0 Å². The number of anilines is 4. The highest BCUT2D eigenvalue weighted by Crippen LogP contribution is 2.26. The van der Waals surface area contributed by atoms with Gasteiger partial charge in [-0.2, -0.15) is 0 Å². The number of benzene rings is 3. The number of hydrogen-bond acceptors (Lipinski definition) is 5. The lowest BCUT2D eigenvalue weighted by Crippen LogP contribution is -2.18. The van der Waals surface area contributed by atoms with Crippen molar-refractivity contribution < 1.29 is 9.72 Å². The molecule has 0 radical (unpaired) electrons. The van der Waals surface area contributed by atoms with Gasteiger partial charge in [-0.3, -0.25) is 14.9 Å². The SMILES string of the molecule is CN(C)c1ccc([N+](=O)[O-])cc1C(=O)Nc1ccc(Nc2ccccc2)cc1. The number of nitrogens with zero attached hydrogens (tertiary/aromatic N) is 2. The summed E-state index contributed by atoms with van der Waals surface area (Å²) in [6.07, 6.45) is 0. The van der Waals surface area contributed by atoms with Crippen molar-refractivity contribution in [1.29, 1.82) is 0 Å². The lowest BCUT2D eigenvalue weighted by Gasteiger charge is -2.17. The Hall–Kier alpha value is -3.87.